The van der Waals surface area contributed by atoms with Crippen molar-refractivity contribution in [1.29, 1.82) is 0 Å². The molecule has 102 valence electrons. The molecule has 0 bridgehead atoms. The summed E-state index contributed by atoms with van der Waals surface area (Å²) in [6.45, 7) is 0.116. The van der Waals surface area contributed by atoms with E-state index >= 15 is 0 Å². The fraction of sp³-hybridized carbons (Fsp3) is 0.556. The lowest BCUT2D eigenvalue weighted by atomic mass is 10.0. The maximum atomic E-state index is 12.0. The highest BCUT2D eigenvalue weighted by molar-refractivity contribution is 5.90. The molecule has 0 aromatic rings. The number of hydrogen-bond donors (Lipinski definition) is 3. The SMILES string of the molecule is NCCCC(=C=O)[C@H](NC(=O)C(F)(F)F)C(=O)O. The van der Waals surface area contributed by atoms with Crippen LogP contribution in [0.3, 0.4) is 0 Å². The number of halogens is 3. The van der Waals surface area contributed by atoms with Crippen LogP contribution in [-0.4, -0.2) is 41.7 Å². The number of carbonyl (C=O) groups is 2. The second-order valence-electron chi connectivity index (χ2n) is 3.26. The van der Waals surface area contributed by atoms with E-state index in [1.54, 1.807) is 0 Å². The molecule has 0 saturated carbocycles. The van der Waals surface area contributed by atoms with Crippen LogP contribution in [0.5, 0.6) is 0 Å². The molecule has 4 N–H and O–H groups in total. The molecule has 0 fully saturated rings. The summed E-state index contributed by atoms with van der Waals surface area (Å²) in [5.74, 6) is -2.99. The average Bonchev–Trinajstić information content (AvgIpc) is 2.26. The first-order valence-electron chi connectivity index (χ1n) is 4.78. The molecular formula is C9H11F3N2O4. The Kier molecular flexibility index (Phi) is 6.07. The number of aliphatic carboxylic acids is 1. The third-order valence-corrected chi connectivity index (χ3v) is 1.91. The summed E-state index contributed by atoms with van der Waals surface area (Å²) in [5, 5.41) is 9.89. The Bertz CT molecular complexity index is 374. The van der Waals surface area contributed by atoms with Crippen LogP contribution in [0.25, 0.3) is 0 Å². The molecule has 9 heteroatoms. The number of amides is 1. The molecule has 0 radical (unpaired) electrons. The number of carboxylic acids is 1. The molecule has 6 nitrogen and oxygen atoms in total. The molecule has 1 atom stereocenters. The first-order valence-corrected chi connectivity index (χ1v) is 4.78. The van der Waals surface area contributed by atoms with Gasteiger partial charge < -0.3 is 16.2 Å². The highest BCUT2D eigenvalue weighted by Crippen LogP contribution is 2.16. The summed E-state index contributed by atoms with van der Waals surface area (Å²) in [6.07, 6.45) is -5.19. The zero-order valence-corrected chi connectivity index (χ0v) is 9.08. The summed E-state index contributed by atoms with van der Waals surface area (Å²) < 4.78 is 35.9. The Morgan fingerprint density at radius 3 is 2.28 bits per heavy atom. The van der Waals surface area contributed by atoms with Crippen LogP contribution in [-0.2, 0) is 14.4 Å². The average molecular weight is 268 g/mol. The molecule has 0 aliphatic rings. The molecule has 0 heterocycles. The minimum atomic E-state index is -5.23. The van der Waals surface area contributed by atoms with Crippen molar-refractivity contribution in [2.24, 2.45) is 5.73 Å². The number of carbonyl (C=O) groups excluding carboxylic acids is 2. The minimum Gasteiger partial charge on any atom is -0.479 e. The van der Waals surface area contributed by atoms with Crippen LogP contribution in [0.2, 0.25) is 0 Å². The molecular weight excluding hydrogens is 257 g/mol. The third kappa shape index (κ3) is 4.98. The fourth-order valence-corrected chi connectivity index (χ4v) is 1.06. The number of nitrogens with one attached hydrogen (secondary N) is 1. The van der Waals surface area contributed by atoms with E-state index < -0.39 is 29.7 Å². The van der Waals surface area contributed by atoms with E-state index in [-0.39, 0.29) is 19.4 Å². The third-order valence-electron chi connectivity index (χ3n) is 1.91. The van der Waals surface area contributed by atoms with Gasteiger partial charge in [-0.25, -0.2) is 9.59 Å². The van der Waals surface area contributed by atoms with Gasteiger partial charge in [-0.05, 0) is 19.4 Å². The first kappa shape index (κ1) is 16.1. The molecule has 0 saturated heterocycles. The number of alkyl halides is 3. The standard InChI is InChI=1S/C9H11F3N2O4/c10-9(11,12)8(18)14-6(7(16)17)5(4-15)2-1-3-13/h6H,1-3,13H2,(H,14,18)(H,16,17)/t6-/m0/s1. The van der Waals surface area contributed by atoms with E-state index in [1.807, 2.05) is 0 Å². The quantitative estimate of drug-likeness (QED) is 0.568. The van der Waals surface area contributed by atoms with Crippen molar-refractivity contribution in [3.05, 3.63) is 5.57 Å². The molecule has 0 unspecified atom stereocenters. The summed E-state index contributed by atoms with van der Waals surface area (Å²) in [7, 11) is 0. The Morgan fingerprint density at radius 1 is 1.39 bits per heavy atom. The van der Waals surface area contributed by atoms with Crippen LogP contribution < -0.4 is 11.1 Å². The lowest BCUT2D eigenvalue weighted by Gasteiger charge is -2.16. The van der Waals surface area contributed by atoms with E-state index in [2.05, 4.69) is 0 Å². The molecule has 18 heavy (non-hydrogen) atoms. The summed E-state index contributed by atoms with van der Waals surface area (Å²) in [4.78, 5) is 31.8. The number of hydrogen-bond acceptors (Lipinski definition) is 4. The molecule has 0 aliphatic carbocycles. The number of nitrogens with two attached hydrogens (primary N) is 1. The normalized spacial score (nSPS) is 12.4. The zero-order valence-electron chi connectivity index (χ0n) is 9.08. The van der Waals surface area contributed by atoms with E-state index in [1.165, 1.54) is 11.3 Å². The van der Waals surface area contributed by atoms with Crippen molar-refractivity contribution in [1.82, 2.24) is 5.32 Å². The van der Waals surface area contributed by atoms with E-state index in [9.17, 15) is 27.6 Å². The van der Waals surface area contributed by atoms with Crippen molar-refractivity contribution in [3.63, 3.8) is 0 Å². The maximum Gasteiger partial charge on any atom is 0.471 e. The van der Waals surface area contributed by atoms with E-state index in [4.69, 9.17) is 10.8 Å². The van der Waals surface area contributed by atoms with Gasteiger partial charge in [-0.1, -0.05) is 0 Å². The number of rotatable bonds is 6. The van der Waals surface area contributed by atoms with Gasteiger partial charge in [0.2, 0.25) is 0 Å². The van der Waals surface area contributed by atoms with Gasteiger partial charge in [0.15, 0.2) is 6.04 Å². The largest absolute Gasteiger partial charge is 0.479 e. The summed E-state index contributed by atoms with van der Waals surface area (Å²) >= 11 is 0. The van der Waals surface area contributed by atoms with Gasteiger partial charge in [0, 0.05) is 5.57 Å². The Labute approximate surface area is 99.6 Å². The first-order chi connectivity index (χ1) is 8.23. The van der Waals surface area contributed by atoms with Gasteiger partial charge >= 0.3 is 18.1 Å². The molecule has 0 aliphatic heterocycles. The van der Waals surface area contributed by atoms with Crippen LogP contribution in [0.4, 0.5) is 13.2 Å². The van der Waals surface area contributed by atoms with Gasteiger partial charge in [-0.3, -0.25) is 4.79 Å². The highest BCUT2D eigenvalue weighted by Gasteiger charge is 2.41. The molecule has 0 rings (SSSR count). The Morgan fingerprint density at radius 2 is 1.94 bits per heavy atom. The van der Waals surface area contributed by atoms with Gasteiger partial charge in [0.05, 0.1) is 0 Å². The summed E-state index contributed by atoms with van der Waals surface area (Å²) in [5.41, 5.74) is 4.63. The zero-order chi connectivity index (χ0) is 14.3. The van der Waals surface area contributed by atoms with Gasteiger partial charge in [0.1, 0.15) is 5.94 Å². The van der Waals surface area contributed by atoms with E-state index in [0.717, 1.165) is 0 Å². The predicted molar refractivity (Wildman–Crippen MR) is 53.1 cm³/mol. The van der Waals surface area contributed by atoms with Crippen LogP contribution in [0, 0.1) is 0 Å². The smallest absolute Gasteiger partial charge is 0.471 e. The van der Waals surface area contributed by atoms with Crippen LogP contribution in [0.1, 0.15) is 12.8 Å². The topological polar surface area (TPSA) is 109 Å². The second kappa shape index (κ2) is 6.77. The minimum absolute atomic E-state index is 0.116. The molecule has 0 spiro atoms. The van der Waals surface area contributed by atoms with Crippen molar-refractivity contribution < 1.29 is 32.7 Å². The molecule has 0 aromatic carbocycles. The van der Waals surface area contributed by atoms with Gasteiger partial charge in [0.25, 0.3) is 0 Å². The Balaban J connectivity index is 4.92. The fourth-order valence-electron chi connectivity index (χ4n) is 1.06. The summed E-state index contributed by atoms with van der Waals surface area (Å²) in [6, 6.07) is -2.05. The molecule has 0 aromatic heterocycles. The van der Waals surface area contributed by atoms with Crippen LogP contribution in [0.15, 0.2) is 5.57 Å². The van der Waals surface area contributed by atoms with E-state index in [0.29, 0.717) is 0 Å². The van der Waals surface area contributed by atoms with Crippen molar-refractivity contribution in [3.8, 4) is 0 Å². The lowest BCUT2D eigenvalue weighted by molar-refractivity contribution is -0.175. The molecule has 1 amide bonds. The van der Waals surface area contributed by atoms with Crippen molar-refractivity contribution in [2.45, 2.75) is 25.1 Å². The van der Waals surface area contributed by atoms with Gasteiger partial charge in [-0.15, -0.1) is 0 Å². The Hall–Kier alpha value is -1.86. The maximum absolute atomic E-state index is 12.0. The van der Waals surface area contributed by atoms with Crippen molar-refractivity contribution >= 4 is 17.8 Å². The van der Waals surface area contributed by atoms with Gasteiger partial charge in [-0.2, -0.15) is 13.2 Å². The number of carboxylic acid groups (broad SMARTS) is 1. The van der Waals surface area contributed by atoms with Crippen molar-refractivity contribution in [2.75, 3.05) is 6.54 Å². The monoisotopic (exact) mass is 268 g/mol. The highest BCUT2D eigenvalue weighted by atomic mass is 19.4. The lowest BCUT2D eigenvalue weighted by Crippen LogP contribution is -2.48. The van der Waals surface area contributed by atoms with Crippen LogP contribution >= 0.6 is 0 Å². The predicted octanol–water partition coefficient (Wildman–Crippen LogP) is -0.385. The second-order valence-corrected chi connectivity index (χ2v) is 3.26.